The number of nitrogens with one attached hydrogen (secondary N) is 1. The maximum absolute atomic E-state index is 12.7. The molecule has 5 nitrogen and oxygen atoms in total. The number of rotatable bonds is 6. The molecule has 146 valence electrons. The van der Waals surface area contributed by atoms with Crippen LogP contribution in [-0.4, -0.2) is 35.6 Å². The molecule has 3 aromatic rings. The highest BCUT2D eigenvalue weighted by atomic mass is 32.1. The van der Waals surface area contributed by atoms with E-state index < -0.39 is 0 Å². The van der Waals surface area contributed by atoms with Crippen LogP contribution in [0.15, 0.2) is 52.4 Å². The molecule has 3 heterocycles. The van der Waals surface area contributed by atoms with Crippen LogP contribution in [0.2, 0.25) is 0 Å². The van der Waals surface area contributed by atoms with E-state index in [1.165, 1.54) is 29.7 Å². The Hall–Kier alpha value is -2.44. The van der Waals surface area contributed by atoms with E-state index in [9.17, 15) is 4.79 Å². The highest BCUT2D eigenvalue weighted by Crippen LogP contribution is 2.27. The molecular weight excluding hydrogens is 370 g/mol. The molecule has 0 spiro atoms. The number of piperidine rings is 1. The van der Waals surface area contributed by atoms with E-state index in [1.54, 1.807) is 17.4 Å². The summed E-state index contributed by atoms with van der Waals surface area (Å²) in [6.07, 6.45) is 3.73. The molecule has 1 N–H and O–H groups in total. The molecule has 0 bridgehead atoms. The second-order valence-corrected chi connectivity index (χ2v) is 8.26. The lowest BCUT2D eigenvalue weighted by atomic mass is 10.1. The summed E-state index contributed by atoms with van der Waals surface area (Å²) in [4.78, 5) is 16.4. The van der Waals surface area contributed by atoms with Crippen molar-refractivity contribution in [2.24, 2.45) is 0 Å². The summed E-state index contributed by atoms with van der Waals surface area (Å²) >= 11 is 1.75. The Labute approximate surface area is 169 Å². The number of amides is 1. The van der Waals surface area contributed by atoms with E-state index in [4.69, 9.17) is 4.52 Å². The van der Waals surface area contributed by atoms with E-state index in [0.29, 0.717) is 18.0 Å². The minimum absolute atomic E-state index is 0.194. The van der Waals surface area contributed by atoms with Crippen LogP contribution in [-0.2, 0) is 0 Å². The molecule has 0 radical (unpaired) electrons. The van der Waals surface area contributed by atoms with Crippen molar-refractivity contribution in [2.75, 3.05) is 19.6 Å². The molecule has 0 unspecified atom stereocenters. The van der Waals surface area contributed by atoms with Gasteiger partial charge in [-0.2, -0.15) is 0 Å². The summed E-state index contributed by atoms with van der Waals surface area (Å²) in [5.74, 6) is 0.414. The Balaban J connectivity index is 1.43. The van der Waals surface area contributed by atoms with E-state index in [0.717, 1.165) is 18.7 Å². The summed E-state index contributed by atoms with van der Waals surface area (Å²) in [5, 5.41) is 9.13. The smallest absolute Gasteiger partial charge is 0.273 e. The highest BCUT2D eigenvalue weighted by molar-refractivity contribution is 7.10. The van der Waals surface area contributed by atoms with Crippen LogP contribution >= 0.6 is 11.3 Å². The number of carbonyl (C=O) groups excluding carboxylic acids is 1. The Morgan fingerprint density at radius 1 is 1.21 bits per heavy atom. The van der Waals surface area contributed by atoms with Gasteiger partial charge in [-0.15, -0.1) is 11.3 Å². The van der Waals surface area contributed by atoms with E-state index >= 15 is 0 Å². The molecule has 1 aromatic carbocycles. The zero-order chi connectivity index (χ0) is 19.3. The van der Waals surface area contributed by atoms with Crippen molar-refractivity contribution in [3.8, 4) is 11.3 Å². The quantitative estimate of drug-likeness (QED) is 0.659. The molecule has 6 heteroatoms. The Bertz CT molecular complexity index is 896. The van der Waals surface area contributed by atoms with Gasteiger partial charge in [0.25, 0.3) is 5.91 Å². The van der Waals surface area contributed by atoms with Crippen molar-refractivity contribution < 1.29 is 9.32 Å². The Morgan fingerprint density at radius 2 is 2.00 bits per heavy atom. The van der Waals surface area contributed by atoms with Crippen molar-refractivity contribution in [1.82, 2.24) is 15.4 Å². The number of thiophene rings is 1. The topological polar surface area (TPSA) is 58.4 Å². The van der Waals surface area contributed by atoms with Crippen LogP contribution in [0.1, 0.15) is 46.2 Å². The predicted octanol–water partition coefficient (Wildman–Crippen LogP) is 4.67. The number of hydrogen-bond acceptors (Lipinski definition) is 5. The van der Waals surface area contributed by atoms with Crippen molar-refractivity contribution in [3.05, 3.63) is 64.0 Å². The summed E-state index contributed by atoms with van der Waals surface area (Å²) in [5.41, 5.74) is 2.42. The minimum atomic E-state index is -0.194. The summed E-state index contributed by atoms with van der Waals surface area (Å²) in [6.45, 7) is 4.78. The number of aryl methyl sites for hydroxylation is 1. The van der Waals surface area contributed by atoms with Gasteiger partial charge in [0.1, 0.15) is 0 Å². The molecular formula is C22H25N3O2S. The highest BCUT2D eigenvalue weighted by Gasteiger charge is 2.24. The molecule has 0 saturated carbocycles. The summed E-state index contributed by atoms with van der Waals surface area (Å²) in [6, 6.07) is 14.1. The lowest BCUT2D eigenvalue weighted by molar-refractivity contribution is 0.0917. The fourth-order valence-electron chi connectivity index (χ4n) is 3.64. The molecule has 1 amide bonds. The zero-order valence-electron chi connectivity index (χ0n) is 16.1. The average molecular weight is 396 g/mol. The van der Waals surface area contributed by atoms with Crippen molar-refractivity contribution >= 4 is 17.2 Å². The van der Waals surface area contributed by atoms with Gasteiger partial charge in [0.05, 0.1) is 6.04 Å². The number of hydrogen-bond donors (Lipinski definition) is 1. The van der Waals surface area contributed by atoms with Gasteiger partial charge in [0, 0.05) is 23.1 Å². The van der Waals surface area contributed by atoms with Crippen LogP contribution in [0.4, 0.5) is 0 Å². The van der Waals surface area contributed by atoms with Gasteiger partial charge in [0.2, 0.25) is 0 Å². The molecule has 1 saturated heterocycles. The Kier molecular flexibility index (Phi) is 5.88. The fourth-order valence-corrected chi connectivity index (χ4v) is 4.50. The van der Waals surface area contributed by atoms with Gasteiger partial charge in [-0.05, 0) is 44.3 Å². The van der Waals surface area contributed by atoms with E-state index in [1.807, 2.05) is 31.2 Å². The zero-order valence-corrected chi connectivity index (χ0v) is 16.9. The van der Waals surface area contributed by atoms with Gasteiger partial charge >= 0.3 is 0 Å². The number of nitrogens with zero attached hydrogens (tertiary/aromatic N) is 2. The largest absolute Gasteiger partial charge is 0.355 e. The van der Waals surface area contributed by atoms with Crippen LogP contribution < -0.4 is 5.32 Å². The predicted molar refractivity (Wildman–Crippen MR) is 111 cm³/mol. The van der Waals surface area contributed by atoms with Crippen LogP contribution in [0.25, 0.3) is 11.3 Å². The lowest BCUT2D eigenvalue weighted by Gasteiger charge is -2.34. The molecule has 2 aromatic heterocycles. The summed E-state index contributed by atoms with van der Waals surface area (Å²) < 4.78 is 5.39. The fraction of sp³-hybridized carbons (Fsp3) is 0.364. The molecule has 1 atom stereocenters. The number of aromatic nitrogens is 1. The van der Waals surface area contributed by atoms with Gasteiger partial charge in [0.15, 0.2) is 11.5 Å². The van der Waals surface area contributed by atoms with Crippen molar-refractivity contribution in [3.63, 3.8) is 0 Å². The monoisotopic (exact) mass is 395 g/mol. The second-order valence-electron chi connectivity index (χ2n) is 7.28. The molecule has 1 aliphatic rings. The number of likely N-dealkylation sites (tertiary alicyclic amines) is 1. The third-order valence-electron chi connectivity index (χ3n) is 5.24. The van der Waals surface area contributed by atoms with Gasteiger partial charge < -0.3 is 9.84 Å². The van der Waals surface area contributed by atoms with E-state index in [-0.39, 0.29) is 11.9 Å². The van der Waals surface area contributed by atoms with Crippen molar-refractivity contribution in [2.45, 2.75) is 32.2 Å². The lowest BCUT2D eigenvalue weighted by Crippen LogP contribution is -2.40. The third kappa shape index (κ3) is 4.34. The number of carbonyl (C=O) groups is 1. The summed E-state index contributed by atoms with van der Waals surface area (Å²) in [7, 11) is 0. The number of benzene rings is 1. The molecule has 1 aliphatic heterocycles. The first-order valence-electron chi connectivity index (χ1n) is 9.80. The van der Waals surface area contributed by atoms with Crippen LogP contribution in [0.5, 0.6) is 0 Å². The van der Waals surface area contributed by atoms with Crippen molar-refractivity contribution in [1.29, 1.82) is 0 Å². The third-order valence-corrected chi connectivity index (χ3v) is 6.21. The molecule has 4 rings (SSSR count). The maximum atomic E-state index is 12.7. The van der Waals surface area contributed by atoms with Crippen LogP contribution in [0.3, 0.4) is 0 Å². The molecule has 1 fully saturated rings. The first-order chi connectivity index (χ1) is 13.7. The maximum Gasteiger partial charge on any atom is 0.273 e. The van der Waals surface area contributed by atoms with Gasteiger partial charge in [-0.25, -0.2) is 0 Å². The average Bonchev–Trinajstić information content (AvgIpc) is 3.42. The standard InChI is InChI=1S/C22H25N3O2S/c1-16-7-9-17(10-8-16)20-14-18(24-27-20)22(26)23-15-19(21-6-5-13-28-21)25-11-3-2-4-12-25/h5-10,13-14,19H,2-4,11-12,15H2,1H3,(H,23,26)/t19-/m0/s1. The first kappa shape index (κ1) is 18.9. The molecule has 0 aliphatic carbocycles. The van der Waals surface area contributed by atoms with Gasteiger partial charge in [-0.1, -0.05) is 47.5 Å². The minimum Gasteiger partial charge on any atom is -0.355 e. The first-order valence-corrected chi connectivity index (χ1v) is 10.7. The van der Waals surface area contributed by atoms with Crippen LogP contribution in [0, 0.1) is 6.92 Å². The Morgan fingerprint density at radius 3 is 2.71 bits per heavy atom. The van der Waals surface area contributed by atoms with E-state index in [2.05, 4.69) is 32.9 Å². The van der Waals surface area contributed by atoms with Gasteiger partial charge in [-0.3, -0.25) is 9.69 Å². The SMILES string of the molecule is Cc1ccc(-c2cc(C(=O)NC[C@@H](c3cccs3)N3CCCCC3)no2)cc1. The second kappa shape index (κ2) is 8.71. The normalized spacial score (nSPS) is 16.0. The molecule has 28 heavy (non-hydrogen) atoms.